The second-order valence-electron chi connectivity index (χ2n) is 3.12. The summed E-state index contributed by atoms with van der Waals surface area (Å²) in [4.78, 5) is 4.00. The van der Waals surface area contributed by atoms with Crippen molar-refractivity contribution in [3.05, 3.63) is 42.6 Å². The topological polar surface area (TPSA) is 71.2 Å². The Labute approximate surface area is 112 Å². The maximum absolute atomic E-state index is 9.48. The lowest BCUT2D eigenvalue weighted by Gasteiger charge is -2.06. The Morgan fingerprint density at radius 3 is 2.29 bits per heavy atom. The third-order valence-electron chi connectivity index (χ3n) is 1.96. The Bertz CT molecular complexity index is 463. The van der Waals surface area contributed by atoms with Crippen molar-refractivity contribution in [1.29, 1.82) is 0 Å². The second kappa shape index (κ2) is 6.83. The first-order valence-electron chi connectivity index (χ1n) is 4.52. The zero-order chi connectivity index (χ0) is 10.7. The number of pyridine rings is 1. The molecular weight excluding hydrogens is 261 g/mol. The second-order valence-corrected chi connectivity index (χ2v) is 3.12. The van der Waals surface area contributed by atoms with Crippen LogP contribution >= 0.6 is 24.8 Å². The molecule has 0 saturated carbocycles. The summed E-state index contributed by atoms with van der Waals surface area (Å²) in [6.07, 6.45) is 1.61. The molecule has 0 amide bonds. The quantitative estimate of drug-likeness (QED) is 0.736. The van der Waals surface area contributed by atoms with Crippen LogP contribution in [-0.2, 0) is 0 Å². The molecule has 0 aliphatic carbocycles. The molecule has 0 unspecified atom stereocenters. The van der Waals surface area contributed by atoms with Gasteiger partial charge in [0.15, 0.2) is 11.6 Å². The molecule has 4 N–H and O–H groups in total. The highest BCUT2D eigenvalue weighted by atomic mass is 35.5. The van der Waals surface area contributed by atoms with E-state index in [0.717, 1.165) is 5.69 Å². The lowest BCUT2D eigenvalue weighted by atomic mass is 10.3. The molecule has 1 aromatic carbocycles. The van der Waals surface area contributed by atoms with Gasteiger partial charge < -0.3 is 16.2 Å². The number of rotatable bonds is 2. The number of nitrogens with zero attached hydrogens (tertiary/aromatic N) is 1. The van der Waals surface area contributed by atoms with Crippen LogP contribution in [0.4, 0.5) is 17.2 Å². The molecule has 0 saturated heterocycles. The molecule has 1 heterocycles. The Kier molecular flexibility index (Phi) is 6.17. The number of halogens is 2. The summed E-state index contributed by atoms with van der Waals surface area (Å²) in [6, 6.07) is 10.5. The van der Waals surface area contributed by atoms with Crippen LogP contribution in [-0.4, -0.2) is 10.1 Å². The summed E-state index contributed by atoms with van der Waals surface area (Å²) in [5, 5.41) is 12.5. The number of aromatic nitrogens is 1. The molecule has 0 bridgehead atoms. The van der Waals surface area contributed by atoms with Gasteiger partial charge in [0.25, 0.3) is 0 Å². The van der Waals surface area contributed by atoms with Gasteiger partial charge in [-0.15, -0.1) is 24.8 Å². The van der Waals surface area contributed by atoms with E-state index in [9.17, 15) is 5.11 Å². The number of nitrogen functional groups attached to an aromatic ring is 1. The monoisotopic (exact) mass is 273 g/mol. The molecule has 0 aliphatic heterocycles. The Morgan fingerprint density at radius 2 is 1.71 bits per heavy atom. The van der Waals surface area contributed by atoms with Crippen molar-refractivity contribution in [2.75, 3.05) is 11.1 Å². The summed E-state index contributed by atoms with van der Waals surface area (Å²) in [5.74, 6) is 0.552. The molecule has 0 atom stereocenters. The molecule has 0 radical (unpaired) electrons. The normalized spacial score (nSPS) is 8.71. The van der Waals surface area contributed by atoms with Crippen molar-refractivity contribution in [1.82, 2.24) is 4.98 Å². The van der Waals surface area contributed by atoms with Crippen LogP contribution in [0.2, 0.25) is 0 Å². The fourth-order valence-corrected chi connectivity index (χ4v) is 1.20. The van der Waals surface area contributed by atoms with Crippen LogP contribution in [0.5, 0.6) is 5.75 Å². The highest BCUT2D eigenvalue weighted by Gasteiger charge is 2.00. The van der Waals surface area contributed by atoms with Crippen LogP contribution in [0.1, 0.15) is 0 Å². The average molecular weight is 274 g/mol. The van der Waals surface area contributed by atoms with E-state index in [1.807, 2.05) is 12.1 Å². The van der Waals surface area contributed by atoms with Gasteiger partial charge in [0, 0.05) is 17.6 Å². The van der Waals surface area contributed by atoms with Crippen molar-refractivity contribution >= 4 is 42.0 Å². The Balaban J connectivity index is 0.00000128. The molecule has 0 fully saturated rings. The van der Waals surface area contributed by atoms with Crippen molar-refractivity contribution < 1.29 is 5.11 Å². The van der Waals surface area contributed by atoms with Gasteiger partial charge in [0.2, 0.25) is 0 Å². The summed E-state index contributed by atoms with van der Waals surface area (Å²) in [5.41, 5.74) is 7.09. The largest absolute Gasteiger partial charge is 0.504 e. The van der Waals surface area contributed by atoms with Gasteiger partial charge in [-0.3, -0.25) is 0 Å². The smallest absolute Gasteiger partial charge is 0.172 e. The van der Waals surface area contributed by atoms with E-state index >= 15 is 0 Å². The number of benzene rings is 1. The first kappa shape index (κ1) is 15.3. The third-order valence-corrected chi connectivity index (χ3v) is 1.96. The zero-order valence-electron chi connectivity index (χ0n) is 8.83. The zero-order valence-corrected chi connectivity index (χ0v) is 10.5. The SMILES string of the molecule is Cl.Cl.Nc1ccc(Nc2ncccc2O)cc1. The summed E-state index contributed by atoms with van der Waals surface area (Å²) < 4.78 is 0. The predicted octanol–water partition coefficient (Wildman–Crippen LogP) is 2.96. The van der Waals surface area contributed by atoms with Crippen LogP contribution in [0.3, 0.4) is 0 Å². The molecule has 0 spiro atoms. The van der Waals surface area contributed by atoms with Crippen molar-refractivity contribution in [2.24, 2.45) is 0 Å². The van der Waals surface area contributed by atoms with Crippen LogP contribution in [0, 0.1) is 0 Å². The standard InChI is InChI=1S/C11H11N3O.2ClH/c12-8-3-5-9(6-4-8)14-11-10(15)2-1-7-13-11;;/h1-7,15H,12H2,(H,13,14);2*1H. The molecule has 6 heteroatoms. The highest BCUT2D eigenvalue weighted by molar-refractivity contribution is 5.85. The van der Waals surface area contributed by atoms with E-state index in [1.165, 1.54) is 0 Å². The van der Waals surface area contributed by atoms with E-state index < -0.39 is 0 Å². The lowest BCUT2D eigenvalue weighted by molar-refractivity contribution is 0.475. The van der Waals surface area contributed by atoms with Crippen LogP contribution in [0.25, 0.3) is 0 Å². The van der Waals surface area contributed by atoms with Crippen molar-refractivity contribution in [2.45, 2.75) is 0 Å². The van der Waals surface area contributed by atoms with Crippen molar-refractivity contribution in [3.63, 3.8) is 0 Å². The maximum Gasteiger partial charge on any atom is 0.172 e. The predicted molar refractivity (Wildman–Crippen MR) is 74.5 cm³/mol. The van der Waals surface area contributed by atoms with Gasteiger partial charge in [-0.2, -0.15) is 0 Å². The summed E-state index contributed by atoms with van der Waals surface area (Å²) >= 11 is 0. The first-order valence-corrected chi connectivity index (χ1v) is 4.52. The number of nitrogens with two attached hydrogens (primary N) is 1. The molecule has 2 aromatic rings. The molecule has 0 aliphatic rings. The Hall–Kier alpha value is -1.65. The van der Waals surface area contributed by atoms with Gasteiger partial charge in [-0.1, -0.05) is 0 Å². The van der Waals surface area contributed by atoms with Gasteiger partial charge in [-0.05, 0) is 36.4 Å². The van der Waals surface area contributed by atoms with E-state index in [0.29, 0.717) is 11.5 Å². The first-order chi connectivity index (χ1) is 7.25. The van der Waals surface area contributed by atoms with E-state index in [2.05, 4.69) is 10.3 Å². The number of aromatic hydroxyl groups is 1. The van der Waals surface area contributed by atoms with Gasteiger partial charge in [0.1, 0.15) is 0 Å². The minimum Gasteiger partial charge on any atom is -0.504 e. The van der Waals surface area contributed by atoms with Gasteiger partial charge in [-0.25, -0.2) is 4.98 Å². The minimum absolute atomic E-state index is 0. The third kappa shape index (κ3) is 4.01. The molecule has 92 valence electrons. The number of anilines is 3. The van der Waals surface area contributed by atoms with E-state index in [1.54, 1.807) is 30.5 Å². The number of hydrogen-bond acceptors (Lipinski definition) is 4. The molecule has 2 rings (SSSR count). The summed E-state index contributed by atoms with van der Waals surface area (Å²) in [6.45, 7) is 0. The average Bonchev–Trinajstić information content (AvgIpc) is 2.25. The van der Waals surface area contributed by atoms with Crippen LogP contribution < -0.4 is 11.1 Å². The van der Waals surface area contributed by atoms with Crippen molar-refractivity contribution in [3.8, 4) is 5.75 Å². The number of nitrogens with one attached hydrogen (secondary N) is 1. The van der Waals surface area contributed by atoms with E-state index in [4.69, 9.17) is 5.73 Å². The maximum atomic E-state index is 9.48. The highest BCUT2D eigenvalue weighted by Crippen LogP contribution is 2.23. The van der Waals surface area contributed by atoms with Crippen LogP contribution in [0.15, 0.2) is 42.6 Å². The molecule has 4 nitrogen and oxygen atoms in total. The fourth-order valence-electron chi connectivity index (χ4n) is 1.20. The minimum atomic E-state index is 0. The fraction of sp³-hybridized carbons (Fsp3) is 0. The number of hydrogen-bond donors (Lipinski definition) is 3. The molecular formula is C11H13Cl2N3O. The Morgan fingerprint density at radius 1 is 1.06 bits per heavy atom. The van der Waals surface area contributed by atoms with E-state index in [-0.39, 0.29) is 30.6 Å². The van der Waals surface area contributed by atoms with Gasteiger partial charge >= 0.3 is 0 Å². The summed E-state index contributed by atoms with van der Waals surface area (Å²) in [7, 11) is 0. The van der Waals surface area contributed by atoms with Gasteiger partial charge in [0.05, 0.1) is 0 Å². The molecule has 17 heavy (non-hydrogen) atoms. The lowest BCUT2D eigenvalue weighted by Crippen LogP contribution is -1.93. The molecule has 1 aromatic heterocycles.